The SMILES string of the molecule is CC(C)COc1cccc(CNC(=O)CN)c1. The van der Waals surface area contributed by atoms with Crippen LogP contribution >= 0.6 is 0 Å². The number of hydrogen-bond donors (Lipinski definition) is 2. The van der Waals surface area contributed by atoms with Crippen molar-refractivity contribution in [1.82, 2.24) is 5.32 Å². The molecule has 17 heavy (non-hydrogen) atoms. The van der Waals surface area contributed by atoms with Crippen molar-refractivity contribution in [1.29, 1.82) is 0 Å². The van der Waals surface area contributed by atoms with Crippen molar-refractivity contribution in [3.8, 4) is 5.75 Å². The van der Waals surface area contributed by atoms with Gasteiger partial charge in [-0.3, -0.25) is 4.79 Å². The third kappa shape index (κ3) is 5.36. The minimum atomic E-state index is -0.154. The molecule has 94 valence electrons. The fourth-order valence-electron chi connectivity index (χ4n) is 1.28. The fraction of sp³-hybridized carbons (Fsp3) is 0.462. The number of amides is 1. The number of rotatable bonds is 6. The van der Waals surface area contributed by atoms with Gasteiger partial charge in [0.25, 0.3) is 0 Å². The number of carbonyl (C=O) groups excluding carboxylic acids is 1. The van der Waals surface area contributed by atoms with E-state index < -0.39 is 0 Å². The zero-order chi connectivity index (χ0) is 12.7. The predicted octanol–water partition coefficient (Wildman–Crippen LogP) is 1.30. The first-order valence-electron chi connectivity index (χ1n) is 5.80. The maximum atomic E-state index is 11.0. The molecular formula is C13H20N2O2. The summed E-state index contributed by atoms with van der Waals surface area (Å²) in [5, 5.41) is 2.72. The molecule has 0 bridgehead atoms. The van der Waals surface area contributed by atoms with Crippen LogP contribution in [0.25, 0.3) is 0 Å². The molecule has 4 nitrogen and oxygen atoms in total. The average molecular weight is 236 g/mol. The summed E-state index contributed by atoms with van der Waals surface area (Å²) in [6, 6.07) is 7.70. The van der Waals surface area contributed by atoms with E-state index in [1.54, 1.807) is 0 Å². The first kappa shape index (κ1) is 13.5. The molecule has 0 fully saturated rings. The molecule has 0 heterocycles. The summed E-state index contributed by atoms with van der Waals surface area (Å²) in [5.74, 6) is 1.17. The van der Waals surface area contributed by atoms with Gasteiger partial charge in [-0.25, -0.2) is 0 Å². The lowest BCUT2D eigenvalue weighted by atomic mass is 10.2. The molecule has 0 saturated heterocycles. The van der Waals surface area contributed by atoms with Gasteiger partial charge < -0.3 is 15.8 Å². The largest absolute Gasteiger partial charge is 0.493 e. The van der Waals surface area contributed by atoms with Crippen molar-refractivity contribution in [3.63, 3.8) is 0 Å². The molecular weight excluding hydrogens is 216 g/mol. The van der Waals surface area contributed by atoms with E-state index in [4.69, 9.17) is 10.5 Å². The first-order valence-corrected chi connectivity index (χ1v) is 5.80. The van der Waals surface area contributed by atoms with E-state index in [2.05, 4.69) is 19.2 Å². The van der Waals surface area contributed by atoms with Gasteiger partial charge in [0, 0.05) is 6.54 Å². The third-order valence-corrected chi connectivity index (χ3v) is 2.16. The Labute approximate surface area is 102 Å². The number of ether oxygens (including phenoxy) is 1. The second-order valence-corrected chi connectivity index (χ2v) is 4.33. The highest BCUT2D eigenvalue weighted by Crippen LogP contribution is 2.14. The smallest absolute Gasteiger partial charge is 0.234 e. The lowest BCUT2D eigenvalue weighted by Gasteiger charge is -2.10. The summed E-state index contributed by atoms with van der Waals surface area (Å²) in [6.07, 6.45) is 0. The van der Waals surface area contributed by atoms with Crippen LogP contribution in [0.15, 0.2) is 24.3 Å². The first-order chi connectivity index (χ1) is 8.11. The molecule has 0 aliphatic heterocycles. The van der Waals surface area contributed by atoms with E-state index in [-0.39, 0.29) is 12.5 Å². The number of carbonyl (C=O) groups is 1. The molecule has 1 rings (SSSR count). The number of hydrogen-bond acceptors (Lipinski definition) is 3. The monoisotopic (exact) mass is 236 g/mol. The highest BCUT2D eigenvalue weighted by atomic mass is 16.5. The molecule has 0 spiro atoms. The van der Waals surface area contributed by atoms with E-state index >= 15 is 0 Å². The van der Waals surface area contributed by atoms with Crippen molar-refractivity contribution in [2.45, 2.75) is 20.4 Å². The highest BCUT2D eigenvalue weighted by Gasteiger charge is 2.01. The molecule has 0 aromatic heterocycles. The van der Waals surface area contributed by atoms with Crippen LogP contribution in [0.4, 0.5) is 0 Å². The van der Waals surface area contributed by atoms with Gasteiger partial charge in [0.1, 0.15) is 5.75 Å². The molecule has 0 saturated carbocycles. The maximum absolute atomic E-state index is 11.0. The van der Waals surface area contributed by atoms with Gasteiger partial charge >= 0.3 is 0 Å². The van der Waals surface area contributed by atoms with Crippen LogP contribution in [0.2, 0.25) is 0 Å². The second-order valence-electron chi connectivity index (χ2n) is 4.33. The summed E-state index contributed by atoms with van der Waals surface area (Å²) >= 11 is 0. The second kappa shape index (κ2) is 6.91. The van der Waals surface area contributed by atoms with E-state index in [0.29, 0.717) is 19.1 Å². The molecule has 0 unspecified atom stereocenters. The van der Waals surface area contributed by atoms with Gasteiger partial charge in [-0.05, 0) is 23.6 Å². The summed E-state index contributed by atoms with van der Waals surface area (Å²) in [6.45, 7) is 5.40. The molecule has 0 aliphatic rings. The Morgan fingerprint density at radius 2 is 2.24 bits per heavy atom. The van der Waals surface area contributed by atoms with E-state index in [1.165, 1.54) is 0 Å². The van der Waals surface area contributed by atoms with E-state index in [1.807, 2.05) is 24.3 Å². The maximum Gasteiger partial charge on any atom is 0.234 e. The predicted molar refractivity (Wildman–Crippen MR) is 67.7 cm³/mol. The Morgan fingerprint density at radius 3 is 2.88 bits per heavy atom. The lowest BCUT2D eigenvalue weighted by molar-refractivity contribution is -0.119. The van der Waals surface area contributed by atoms with Gasteiger partial charge in [0.2, 0.25) is 5.91 Å². The molecule has 4 heteroatoms. The Hall–Kier alpha value is -1.55. The minimum Gasteiger partial charge on any atom is -0.493 e. The van der Waals surface area contributed by atoms with Crippen LogP contribution < -0.4 is 15.8 Å². The van der Waals surface area contributed by atoms with Crippen molar-refractivity contribution >= 4 is 5.91 Å². The zero-order valence-electron chi connectivity index (χ0n) is 10.4. The van der Waals surface area contributed by atoms with Gasteiger partial charge in [0.15, 0.2) is 0 Å². The van der Waals surface area contributed by atoms with Crippen molar-refractivity contribution in [2.75, 3.05) is 13.2 Å². The highest BCUT2D eigenvalue weighted by molar-refractivity contribution is 5.77. The van der Waals surface area contributed by atoms with Gasteiger partial charge in [0.05, 0.1) is 13.2 Å². The zero-order valence-corrected chi connectivity index (χ0v) is 10.4. The van der Waals surface area contributed by atoms with Crippen LogP contribution in [-0.2, 0) is 11.3 Å². The summed E-state index contributed by atoms with van der Waals surface area (Å²) in [7, 11) is 0. The van der Waals surface area contributed by atoms with Crippen LogP contribution in [0.3, 0.4) is 0 Å². The Kier molecular flexibility index (Phi) is 5.49. The standard InChI is InChI=1S/C13H20N2O2/c1-10(2)9-17-12-5-3-4-11(6-12)8-15-13(16)7-14/h3-6,10H,7-9,14H2,1-2H3,(H,15,16). The average Bonchev–Trinajstić information content (AvgIpc) is 2.34. The van der Waals surface area contributed by atoms with E-state index in [9.17, 15) is 4.79 Å². The molecule has 3 N–H and O–H groups in total. The van der Waals surface area contributed by atoms with Crippen molar-refractivity contribution in [3.05, 3.63) is 29.8 Å². The quantitative estimate of drug-likeness (QED) is 0.782. The fourth-order valence-corrected chi connectivity index (χ4v) is 1.28. The molecule has 0 aliphatic carbocycles. The van der Waals surface area contributed by atoms with Crippen LogP contribution in [-0.4, -0.2) is 19.1 Å². The van der Waals surface area contributed by atoms with Crippen molar-refractivity contribution in [2.24, 2.45) is 11.7 Å². The molecule has 0 radical (unpaired) electrons. The number of nitrogens with one attached hydrogen (secondary N) is 1. The Balaban J connectivity index is 2.50. The van der Waals surface area contributed by atoms with Gasteiger partial charge in [-0.1, -0.05) is 26.0 Å². The summed E-state index contributed by atoms with van der Waals surface area (Å²) < 4.78 is 5.60. The van der Waals surface area contributed by atoms with Crippen molar-refractivity contribution < 1.29 is 9.53 Å². The van der Waals surface area contributed by atoms with Crippen LogP contribution in [0.1, 0.15) is 19.4 Å². The summed E-state index contributed by atoms with van der Waals surface area (Å²) in [4.78, 5) is 11.0. The molecule has 1 aromatic rings. The Bertz CT molecular complexity index is 364. The number of benzene rings is 1. The van der Waals surface area contributed by atoms with Crippen LogP contribution in [0.5, 0.6) is 5.75 Å². The molecule has 0 atom stereocenters. The topological polar surface area (TPSA) is 64.3 Å². The number of nitrogens with two attached hydrogens (primary N) is 1. The summed E-state index contributed by atoms with van der Waals surface area (Å²) in [5.41, 5.74) is 6.22. The van der Waals surface area contributed by atoms with E-state index in [0.717, 1.165) is 11.3 Å². The third-order valence-electron chi connectivity index (χ3n) is 2.16. The normalized spacial score (nSPS) is 10.4. The molecule has 1 amide bonds. The van der Waals surface area contributed by atoms with Gasteiger partial charge in [-0.2, -0.15) is 0 Å². The minimum absolute atomic E-state index is 0.0174. The molecule has 1 aromatic carbocycles. The van der Waals surface area contributed by atoms with Gasteiger partial charge in [-0.15, -0.1) is 0 Å². The lowest BCUT2D eigenvalue weighted by Crippen LogP contribution is -2.29. The Morgan fingerprint density at radius 1 is 1.47 bits per heavy atom. The van der Waals surface area contributed by atoms with Crippen LogP contribution in [0, 0.1) is 5.92 Å².